The summed E-state index contributed by atoms with van der Waals surface area (Å²) in [6.45, 7) is 0. The molecule has 0 unspecified atom stereocenters. The molecule has 0 saturated carbocycles. The molecule has 8 aromatic carbocycles. The van der Waals surface area contributed by atoms with Crippen LogP contribution in [0, 0.1) is 0 Å². The standard InChI is InChI=1S/C44H29NS/c1-2-8-30(9-3-1)32-16-21-38(22-17-32)45(39-23-18-33(19-24-39)35-15-14-31-10-4-5-11-34(31)26-35)40-25-20-36-28-42-41-12-6-7-13-43(41)46-44(42)29-37(36)27-40/h1-29H. The van der Waals surface area contributed by atoms with Crippen LogP contribution in [0.5, 0.6) is 0 Å². The van der Waals surface area contributed by atoms with E-state index < -0.39 is 0 Å². The van der Waals surface area contributed by atoms with Crippen LogP contribution in [0.1, 0.15) is 0 Å². The molecule has 2 heteroatoms. The maximum atomic E-state index is 2.37. The van der Waals surface area contributed by atoms with Crippen LogP contribution < -0.4 is 4.90 Å². The van der Waals surface area contributed by atoms with E-state index in [9.17, 15) is 0 Å². The first kappa shape index (κ1) is 26.7. The van der Waals surface area contributed by atoms with E-state index in [-0.39, 0.29) is 0 Å². The zero-order valence-corrected chi connectivity index (χ0v) is 25.9. The Morgan fingerprint density at radius 1 is 0.304 bits per heavy atom. The zero-order valence-electron chi connectivity index (χ0n) is 25.1. The third kappa shape index (κ3) is 4.72. The molecule has 0 saturated heterocycles. The molecular weight excluding hydrogens is 575 g/mol. The van der Waals surface area contributed by atoms with Crippen LogP contribution >= 0.6 is 11.3 Å². The number of hydrogen-bond acceptors (Lipinski definition) is 2. The monoisotopic (exact) mass is 603 g/mol. The summed E-state index contributed by atoms with van der Waals surface area (Å²) < 4.78 is 2.66. The largest absolute Gasteiger partial charge is 0.310 e. The Bertz CT molecular complexity index is 2510. The van der Waals surface area contributed by atoms with Gasteiger partial charge in [-0.05, 0) is 104 Å². The molecule has 0 fully saturated rings. The van der Waals surface area contributed by atoms with Gasteiger partial charge >= 0.3 is 0 Å². The lowest BCUT2D eigenvalue weighted by atomic mass is 10.0. The van der Waals surface area contributed by atoms with Crippen molar-refractivity contribution in [2.24, 2.45) is 0 Å². The molecule has 9 aromatic rings. The number of thiophene rings is 1. The quantitative estimate of drug-likeness (QED) is 0.189. The number of anilines is 3. The van der Waals surface area contributed by atoms with E-state index in [0.717, 1.165) is 17.1 Å². The van der Waals surface area contributed by atoms with Crippen LogP contribution in [0.4, 0.5) is 17.1 Å². The lowest BCUT2D eigenvalue weighted by Gasteiger charge is -2.26. The SMILES string of the molecule is c1ccc(-c2ccc(N(c3ccc(-c4ccc5ccccc5c4)cc3)c3ccc4cc5c(cc4c3)sc3ccccc35)cc2)cc1. The summed E-state index contributed by atoms with van der Waals surface area (Å²) in [4.78, 5) is 2.37. The minimum atomic E-state index is 1.12. The Hall–Kier alpha value is -5.70. The van der Waals surface area contributed by atoms with Gasteiger partial charge in [0, 0.05) is 37.2 Å². The molecule has 0 N–H and O–H groups in total. The van der Waals surface area contributed by atoms with Gasteiger partial charge in [0.15, 0.2) is 0 Å². The Kier molecular flexibility index (Phi) is 6.40. The molecule has 0 bridgehead atoms. The predicted octanol–water partition coefficient (Wildman–Crippen LogP) is 13.2. The highest BCUT2D eigenvalue weighted by atomic mass is 32.1. The first-order chi connectivity index (χ1) is 22.8. The summed E-state index contributed by atoms with van der Waals surface area (Å²) in [5.74, 6) is 0. The fraction of sp³-hybridized carbons (Fsp3) is 0. The van der Waals surface area contributed by atoms with Gasteiger partial charge in [-0.25, -0.2) is 0 Å². The average Bonchev–Trinajstić information content (AvgIpc) is 3.49. The van der Waals surface area contributed by atoms with Crippen LogP contribution in [-0.4, -0.2) is 0 Å². The van der Waals surface area contributed by atoms with Crippen molar-refractivity contribution >= 4 is 70.1 Å². The Labute approximate surface area is 272 Å². The molecule has 1 nitrogen and oxygen atoms in total. The summed E-state index contributed by atoms with van der Waals surface area (Å²) in [5.41, 5.74) is 8.25. The van der Waals surface area contributed by atoms with Crippen molar-refractivity contribution in [3.05, 3.63) is 176 Å². The van der Waals surface area contributed by atoms with Crippen molar-refractivity contribution in [1.82, 2.24) is 0 Å². The van der Waals surface area contributed by atoms with Crippen LogP contribution in [-0.2, 0) is 0 Å². The molecule has 216 valence electrons. The van der Waals surface area contributed by atoms with E-state index >= 15 is 0 Å². The van der Waals surface area contributed by atoms with Crippen molar-refractivity contribution in [2.45, 2.75) is 0 Å². The topological polar surface area (TPSA) is 3.24 Å². The number of rotatable bonds is 5. The van der Waals surface area contributed by atoms with Crippen molar-refractivity contribution < 1.29 is 0 Å². The maximum absolute atomic E-state index is 2.37. The molecule has 1 aromatic heterocycles. The van der Waals surface area contributed by atoms with Crippen molar-refractivity contribution in [3.63, 3.8) is 0 Å². The average molecular weight is 604 g/mol. The second-order valence-corrected chi connectivity index (χ2v) is 12.9. The van der Waals surface area contributed by atoms with E-state index in [1.165, 1.54) is 64.0 Å². The lowest BCUT2D eigenvalue weighted by molar-refractivity contribution is 1.29. The fourth-order valence-corrected chi connectivity index (χ4v) is 7.78. The first-order valence-electron chi connectivity index (χ1n) is 15.7. The molecule has 9 rings (SSSR count). The minimum Gasteiger partial charge on any atom is -0.310 e. The van der Waals surface area contributed by atoms with Gasteiger partial charge in [0.25, 0.3) is 0 Å². The lowest BCUT2D eigenvalue weighted by Crippen LogP contribution is -2.09. The van der Waals surface area contributed by atoms with Gasteiger partial charge in [-0.3, -0.25) is 0 Å². The molecule has 1 heterocycles. The van der Waals surface area contributed by atoms with Gasteiger partial charge in [0.05, 0.1) is 0 Å². The number of hydrogen-bond donors (Lipinski definition) is 0. The summed E-state index contributed by atoms with van der Waals surface area (Å²) in [7, 11) is 0. The fourth-order valence-electron chi connectivity index (χ4n) is 6.65. The van der Waals surface area contributed by atoms with Crippen LogP contribution in [0.15, 0.2) is 176 Å². The molecule has 0 spiro atoms. The van der Waals surface area contributed by atoms with E-state index in [1.54, 1.807) is 0 Å². The third-order valence-electron chi connectivity index (χ3n) is 9.02. The molecular formula is C44H29NS. The molecule has 0 aliphatic heterocycles. The van der Waals surface area contributed by atoms with Crippen molar-refractivity contribution in [1.29, 1.82) is 0 Å². The Balaban J connectivity index is 1.15. The molecule has 0 aliphatic carbocycles. The highest BCUT2D eigenvalue weighted by molar-refractivity contribution is 7.25. The highest BCUT2D eigenvalue weighted by Crippen LogP contribution is 2.41. The van der Waals surface area contributed by atoms with E-state index in [1.807, 2.05) is 11.3 Å². The molecule has 0 aliphatic rings. The smallest absolute Gasteiger partial charge is 0.0468 e. The first-order valence-corrected chi connectivity index (χ1v) is 16.5. The predicted molar refractivity (Wildman–Crippen MR) is 200 cm³/mol. The Morgan fingerprint density at radius 2 is 0.870 bits per heavy atom. The molecule has 0 amide bonds. The highest BCUT2D eigenvalue weighted by Gasteiger charge is 2.15. The molecule has 46 heavy (non-hydrogen) atoms. The normalized spacial score (nSPS) is 11.5. The number of benzene rings is 8. The zero-order chi connectivity index (χ0) is 30.5. The van der Waals surface area contributed by atoms with Gasteiger partial charge in [-0.1, -0.05) is 115 Å². The summed E-state index contributed by atoms with van der Waals surface area (Å²) in [6.07, 6.45) is 0. The number of fused-ring (bicyclic) bond motifs is 5. The van der Waals surface area contributed by atoms with E-state index in [4.69, 9.17) is 0 Å². The van der Waals surface area contributed by atoms with Crippen LogP contribution in [0.2, 0.25) is 0 Å². The van der Waals surface area contributed by atoms with E-state index in [0.29, 0.717) is 0 Å². The minimum absolute atomic E-state index is 1.12. The third-order valence-corrected chi connectivity index (χ3v) is 10.2. The van der Waals surface area contributed by atoms with Crippen molar-refractivity contribution in [2.75, 3.05) is 4.90 Å². The van der Waals surface area contributed by atoms with Gasteiger partial charge < -0.3 is 4.90 Å². The van der Waals surface area contributed by atoms with E-state index in [2.05, 4.69) is 181 Å². The molecule has 0 radical (unpaired) electrons. The summed E-state index contributed by atoms with van der Waals surface area (Å²) >= 11 is 1.87. The van der Waals surface area contributed by atoms with Crippen molar-refractivity contribution in [3.8, 4) is 22.3 Å². The number of nitrogens with zero attached hydrogens (tertiary/aromatic N) is 1. The molecule has 0 atom stereocenters. The van der Waals surface area contributed by atoms with Crippen LogP contribution in [0.3, 0.4) is 0 Å². The van der Waals surface area contributed by atoms with Gasteiger partial charge in [-0.2, -0.15) is 0 Å². The summed E-state index contributed by atoms with van der Waals surface area (Å²) in [5, 5.41) is 7.69. The second-order valence-electron chi connectivity index (χ2n) is 11.8. The summed E-state index contributed by atoms with van der Waals surface area (Å²) in [6, 6.07) is 64.0. The maximum Gasteiger partial charge on any atom is 0.0468 e. The van der Waals surface area contributed by atoms with Crippen LogP contribution in [0.25, 0.3) is 64.0 Å². The van der Waals surface area contributed by atoms with Gasteiger partial charge in [0.2, 0.25) is 0 Å². The Morgan fingerprint density at radius 3 is 1.65 bits per heavy atom. The van der Waals surface area contributed by atoms with Gasteiger partial charge in [-0.15, -0.1) is 11.3 Å². The second kappa shape index (κ2) is 11.0. The van der Waals surface area contributed by atoms with Gasteiger partial charge in [0.1, 0.15) is 0 Å².